The zero-order chi connectivity index (χ0) is 15.4. The molecular weight excluding hydrogens is 286 g/mol. The smallest absolute Gasteiger partial charge is 0.248 e. The molecule has 0 aromatic heterocycles. The van der Waals surface area contributed by atoms with Crippen LogP contribution in [-0.4, -0.2) is 37.0 Å². The third kappa shape index (κ3) is 4.19. The number of carbonyl (C=O) groups excluding carboxylic acids is 1. The number of nitrogens with two attached hydrogens (primary N) is 1. The monoisotopic (exact) mass is 309 g/mol. The molecule has 5 heteroatoms. The molecule has 1 aromatic rings. The highest BCUT2D eigenvalue weighted by Gasteiger charge is 2.23. The predicted molar refractivity (Wildman–Crippen MR) is 86.5 cm³/mol. The standard InChI is InChI=1S/C16H24ClN3O/c1-19-13-5-7-14(8-6-13)20(2)10-12-4-3-11(16(18)21)9-15(12)17/h3-4,9,13-14,19H,5-8,10H2,1-2H3,(H2,18,21). The van der Waals surface area contributed by atoms with Crippen molar-refractivity contribution in [2.75, 3.05) is 14.1 Å². The summed E-state index contributed by atoms with van der Waals surface area (Å²) in [6.07, 6.45) is 4.86. The fourth-order valence-corrected chi connectivity index (χ4v) is 3.27. The quantitative estimate of drug-likeness (QED) is 0.878. The third-order valence-electron chi connectivity index (χ3n) is 4.49. The van der Waals surface area contributed by atoms with Crippen LogP contribution in [0.3, 0.4) is 0 Å². The molecule has 2 rings (SSSR count). The Bertz CT molecular complexity index is 498. The van der Waals surface area contributed by atoms with Crippen LogP contribution < -0.4 is 11.1 Å². The van der Waals surface area contributed by atoms with Gasteiger partial charge in [0.1, 0.15) is 0 Å². The van der Waals surface area contributed by atoms with E-state index in [9.17, 15) is 4.79 Å². The number of amides is 1. The summed E-state index contributed by atoms with van der Waals surface area (Å²) < 4.78 is 0. The van der Waals surface area contributed by atoms with E-state index in [0.717, 1.165) is 12.1 Å². The Balaban J connectivity index is 1.96. The second-order valence-electron chi connectivity index (χ2n) is 5.88. The minimum Gasteiger partial charge on any atom is -0.366 e. The largest absolute Gasteiger partial charge is 0.366 e. The Hall–Kier alpha value is -1.10. The van der Waals surface area contributed by atoms with Crippen LogP contribution in [-0.2, 0) is 6.54 Å². The van der Waals surface area contributed by atoms with E-state index >= 15 is 0 Å². The van der Waals surface area contributed by atoms with Crippen molar-refractivity contribution in [3.8, 4) is 0 Å². The van der Waals surface area contributed by atoms with Gasteiger partial charge in [-0.1, -0.05) is 17.7 Å². The molecule has 0 bridgehead atoms. The Kier molecular flexibility index (Phi) is 5.62. The van der Waals surface area contributed by atoms with Gasteiger partial charge in [0.05, 0.1) is 0 Å². The Labute approximate surface area is 131 Å². The summed E-state index contributed by atoms with van der Waals surface area (Å²) in [4.78, 5) is 13.5. The summed E-state index contributed by atoms with van der Waals surface area (Å²) in [5.74, 6) is -0.442. The first-order valence-corrected chi connectivity index (χ1v) is 7.84. The minimum atomic E-state index is -0.442. The van der Waals surface area contributed by atoms with Crippen LogP contribution in [0.4, 0.5) is 0 Å². The fraction of sp³-hybridized carbons (Fsp3) is 0.562. The third-order valence-corrected chi connectivity index (χ3v) is 4.84. The Morgan fingerprint density at radius 2 is 2.05 bits per heavy atom. The molecule has 1 aliphatic carbocycles. The molecule has 1 aromatic carbocycles. The van der Waals surface area contributed by atoms with Crippen molar-refractivity contribution in [2.24, 2.45) is 5.73 Å². The van der Waals surface area contributed by atoms with Crippen molar-refractivity contribution < 1.29 is 4.79 Å². The Morgan fingerprint density at radius 1 is 1.38 bits per heavy atom. The van der Waals surface area contributed by atoms with Crippen molar-refractivity contribution in [1.82, 2.24) is 10.2 Å². The number of hydrogen-bond donors (Lipinski definition) is 2. The van der Waals surface area contributed by atoms with Gasteiger partial charge >= 0.3 is 0 Å². The molecule has 1 amide bonds. The highest BCUT2D eigenvalue weighted by atomic mass is 35.5. The van der Waals surface area contributed by atoms with E-state index < -0.39 is 5.91 Å². The van der Waals surface area contributed by atoms with E-state index in [1.807, 2.05) is 13.1 Å². The van der Waals surface area contributed by atoms with Crippen molar-refractivity contribution >= 4 is 17.5 Å². The number of nitrogens with one attached hydrogen (secondary N) is 1. The molecule has 1 saturated carbocycles. The van der Waals surface area contributed by atoms with Crippen LogP contribution in [0.25, 0.3) is 0 Å². The van der Waals surface area contributed by atoms with Gasteiger partial charge in [-0.05, 0) is 57.5 Å². The van der Waals surface area contributed by atoms with Crippen molar-refractivity contribution in [1.29, 1.82) is 0 Å². The van der Waals surface area contributed by atoms with E-state index in [-0.39, 0.29) is 0 Å². The SMILES string of the molecule is CNC1CCC(N(C)Cc2ccc(C(N)=O)cc2Cl)CC1. The summed E-state index contributed by atoms with van der Waals surface area (Å²) >= 11 is 6.26. The topological polar surface area (TPSA) is 58.4 Å². The average Bonchev–Trinajstić information content (AvgIpc) is 2.49. The lowest BCUT2D eigenvalue weighted by molar-refractivity contribution is 0.1000. The maximum absolute atomic E-state index is 11.1. The summed E-state index contributed by atoms with van der Waals surface area (Å²) in [5, 5.41) is 3.97. The number of carbonyl (C=O) groups is 1. The molecule has 0 radical (unpaired) electrons. The van der Waals surface area contributed by atoms with E-state index in [2.05, 4.69) is 17.3 Å². The lowest BCUT2D eigenvalue weighted by Crippen LogP contribution is -2.39. The van der Waals surface area contributed by atoms with E-state index in [1.165, 1.54) is 25.7 Å². The molecule has 0 atom stereocenters. The van der Waals surface area contributed by atoms with E-state index in [4.69, 9.17) is 17.3 Å². The number of halogens is 1. The summed E-state index contributed by atoms with van der Waals surface area (Å²) in [6.45, 7) is 0.798. The first-order valence-electron chi connectivity index (χ1n) is 7.47. The van der Waals surface area contributed by atoms with Gasteiger partial charge < -0.3 is 11.1 Å². The van der Waals surface area contributed by atoms with Crippen molar-refractivity contribution in [2.45, 2.75) is 44.3 Å². The second kappa shape index (κ2) is 7.25. The summed E-state index contributed by atoms with van der Waals surface area (Å²) in [5.41, 5.74) is 6.76. The molecule has 0 spiro atoms. The van der Waals surface area contributed by atoms with Gasteiger partial charge in [-0.25, -0.2) is 0 Å². The number of benzene rings is 1. The van der Waals surface area contributed by atoms with Gasteiger partial charge in [-0.2, -0.15) is 0 Å². The molecule has 0 unspecified atom stereocenters. The molecule has 3 N–H and O–H groups in total. The molecule has 21 heavy (non-hydrogen) atoms. The molecule has 0 aliphatic heterocycles. The van der Waals surface area contributed by atoms with Gasteiger partial charge in [0.15, 0.2) is 0 Å². The number of primary amides is 1. The average molecular weight is 310 g/mol. The van der Waals surface area contributed by atoms with Crippen molar-refractivity contribution in [3.05, 3.63) is 34.3 Å². The highest BCUT2D eigenvalue weighted by molar-refractivity contribution is 6.31. The Morgan fingerprint density at radius 3 is 2.57 bits per heavy atom. The lowest BCUT2D eigenvalue weighted by atomic mass is 9.90. The zero-order valence-corrected chi connectivity index (χ0v) is 13.5. The highest BCUT2D eigenvalue weighted by Crippen LogP contribution is 2.25. The first-order chi connectivity index (χ1) is 10.0. The molecular formula is C16H24ClN3O. The maximum atomic E-state index is 11.1. The van der Waals surface area contributed by atoms with Gasteiger partial charge in [0.2, 0.25) is 5.91 Å². The maximum Gasteiger partial charge on any atom is 0.248 e. The molecule has 0 heterocycles. The van der Waals surface area contributed by atoms with Crippen LogP contribution >= 0.6 is 11.6 Å². The zero-order valence-electron chi connectivity index (χ0n) is 12.7. The summed E-state index contributed by atoms with van der Waals surface area (Å²) in [7, 11) is 4.18. The van der Waals surface area contributed by atoms with Gasteiger partial charge in [-0.3, -0.25) is 9.69 Å². The lowest BCUT2D eigenvalue weighted by Gasteiger charge is -2.34. The first kappa shape index (κ1) is 16.3. The van der Waals surface area contributed by atoms with Gasteiger partial charge in [-0.15, -0.1) is 0 Å². The van der Waals surface area contributed by atoms with Crippen molar-refractivity contribution in [3.63, 3.8) is 0 Å². The van der Waals surface area contributed by atoms with Crippen LogP contribution in [0.5, 0.6) is 0 Å². The van der Waals surface area contributed by atoms with Crippen LogP contribution in [0.2, 0.25) is 5.02 Å². The van der Waals surface area contributed by atoms with E-state index in [0.29, 0.717) is 22.7 Å². The summed E-state index contributed by atoms with van der Waals surface area (Å²) in [6, 6.07) is 6.56. The van der Waals surface area contributed by atoms with Crippen LogP contribution in [0, 0.1) is 0 Å². The van der Waals surface area contributed by atoms with Crippen LogP contribution in [0.1, 0.15) is 41.6 Å². The minimum absolute atomic E-state index is 0.442. The van der Waals surface area contributed by atoms with Crippen LogP contribution in [0.15, 0.2) is 18.2 Å². The molecule has 4 nitrogen and oxygen atoms in total. The molecule has 1 aliphatic rings. The number of hydrogen-bond acceptors (Lipinski definition) is 3. The number of rotatable bonds is 5. The normalized spacial score (nSPS) is 22.5. The molecule has 116 valence electrons. The molecule has 1 fully saturated rings. The fourth-order valence-electron chi connectivity index (χ4n) is 3.03. The predicted octanol–water partition coefficient (Wildman–Crippen LogP) is 2.40. The molecule has 0 saturated heterocycles. The van der Waals surface area contributed by atoms with Gasteiger partial charge in [0, 0.05) is 29.2 Å². The second-order valence-corrected chi connectivity index (χ2v) is 6.29. The van der Waals surface area contributed by atoms with E-state index in [1.54, 1.807) is 12.1 Å². The number of nitrogens with zero attached hydrogens (tertiary/aromatic N) is 1. The van der Waals surface area contributed by atoms with Gasteiger partial charge in [0.25, 0.3) is 0 Å².